The summed E-state index contributed by atoms with van der Waals surface area (Å²) in [7, 11) is 0. The number of hydrogen-bond acceptors (Lipinski definition) is 6. The van der Waals surface area contributed by atoms with Gasteiger partial charge in [-0.3, -0.25) is 5.10 Å². The van der Waals surface area contributed by atoms with Gasteiger partial charge in [-0.05, 0) is 31.0 Å². The number of carbonyl (C=O) groups is 1. The Morgan fingerprint density at radius 3 is 2.70 bits per heavy atom. The minimum Gasteiger partial charge on any atom is -0.476 e. The van der Waals surface area contributed by atoms with Crippen molar-refractivity contribution in [1.29, 1.82) is 0 Å². The van der Waals surface area contributed by atoms with Gasteiger partial charge in [-0.25, -0.2) is 4.79 Å². The lowest BCUT2D eigenvalue weighted by Gasteiger charge is -2.34. The van der Waals surface area contributed by atoms with Crippen molar-refractivity contribution >= 4 is 35.0 Å². The minimum absolute atomic E-state index is 0.0654. The normalized spacial score (nSPS) is 15.8. The Hall–Kier alpha value is -2.14. The molecular weight excluding hydrogens is 409 g/mol. The first-order valence-electron chi connectivity index (χ1n) is 7.84. The maximum atomic E-state index is 12.6. The number of H-pyrrole nitrogens is 1. The number of ether oxygens (including phenoxy) is 1. The number of aromatic nitrogens is 3. The number of aromatic carboxylic acids is 1. The predicted octanol–water partition coefficient (Wildman–Crippen LogP) is 3.82. The number of alkyl halides is 3. The SMILES string of the molecule is O=C(O)c1[nH]nnc1SC1CCN(c2cc(Cl)ccc2OC(F)(F)F)CC1. The molecule has 12 heteroatoms. The van der Waals surface area contributed by atoms with Crippen LogP contribution in [0.3, 0.4) is 0 Å². The molecule has 3 rings (SSSR count). The summed E-state index contributed by atoms with van der Waals surface area (Å²) in [4.78, 5) is 12.9. The summed E-state index contributed by atoms with van der Waals surface area (Å²) in [5.74, 6) is -1.45. The molecule has 0 amide bonds. The van der Waals surface area contributed by atoms with E-state index in [1.165, 1.54) is 30.0 Å². The Bertz CT molecular complexity index is 825. The van der Waals surface area contributed by atoms with Gasteiger partial charge in [0.05, 0.1) is 5.69 Å². The van der Waals surface area contributed by atoms with Crippen molar-refractivity contribution in [1.82, 2.24) is 15.4 Å². The quantitative estimate of drug-likeness (QED) is 0.756. The molecule has 0 saturated carbocycles. The molecule has 0 aliphatic carbocycles. The largest absolute Gasteiger partial charge is 0.573 e. The Morgan fingerprint density at radius 1 is 1.37 bits per heavy atom. The number of carboxylic acids is 1. The molecule has 0 atom stereocenters. The van der Waals surface area contributed by atoms with E-state index in [1.807, 2.05) is 0 Å². The third-order valence-corrected chi connectivity index (χ3v) is 5.49. The van der Waals surface area contributed by atoms with Crippen LogP contribution in [0.25, 0.3) is 0 Å². The van der Waals surface area contributed by atoms with Crippen molar-refractivity contribution in [2.75, 3.05) is 18.0 Å². The highest BCUT2D eigenvalue weighted by atomic mass is 35.5. The monoisotopic (exact) mass is 422 g/mol. The van der Waals surface area contributed by atoms with Gasteiger partial charge in [0.2, 0.25) is 0 Å². The number of anilines is 1. The van der Waals surface area contributed by atoms with E-state index in [2.05, 4.69) is 20.1 Å². The lowest BCUT2D eigenvalue weighted by molar-refractivity contribution is -0.274. The fourth-order valence-corrected chi connectivity index (χ4v) is 4.03. The van der Waals surface area contributed by atoms with Crippen LogP contribution in [0.5, 0.6) is 5.75 Å². The van der Waals surface area contributed by atoms with E-state index < -0.39 is 12.3 Å². The fraction of sp³-hybridized carbons (Fsp3) is 0.400. The molecule has 27 heavy (non-hydrogen) atoms. The summed E-state index contributed by atoms with van der Waals surface area (Å²) in [6.07, 6.45) is -3.56. The number of hydrogen-bond donors (Lipinski definition) is 2. The predicted molar refractivity (Wildman–Crippen MR) is 92.6 cm³/mol. The molecule has 2 heterocycles. The lowest BCUT2D eigenvalue weighted by Crippen LogP contribution is -2.35. The molecule has 2 N–H and O–H groups in total. The van der Waals surface area contributed by atoms with Gasteiger partial charge in [0.25, 0.3) is 0 Å². The van der Waals surface area contributed by atoms with Crippen LogP contribution in [0.1, 0.15) is 23.3 Å². The maximum absolute atomic E-state index is 12.6. The van der Waals surface area contributed by atoms with Gasteiger partial charge in [-0.2, -0.15) is 0 Å². The molecule has 2 aromatic rings. The van der Waals surface area contributed by atoms with E-state index in [0.29, 0.717) is 36.0 Å². The molecule has 0 unspecified atom stereocenters. The first-order valence-corrected chi connectivity index (χ1v) is 9.10. The van der Waals surface area contributed by atoms with Crippen LogP contribution in [0.2, 0.25) is 5.02 Å². The number of rotatable bonds is 5. The van der Waals surface area contributed by atoms with Crippen molar-refractivity contribution < 1.29 is 27.8 Å². The molecular formula is C15H14ClF3N4O3S. The molecule has 1 aliphatic heterocycles. The highest BCUT2D eigenvalue weighted by molar-refractivity contribution is 7.99. The lowest BCUT2D eigenvalue weighted by atomic mass is 10.1. The zero-order valence-corrected chi connectivity index (χ0v) is 15.2. The van der Waals surface area contributed by atoms with Crippen molar-refractivity contribution in [3.63, 3.8) is 0 Å². The summed E-state index contributed by atoms with van der Waals surface area (Å²) in [6, 6.07) is 3.98. The van der Waals surface area contributed by atoms with E-state index in [4.69, 9.17) is 16.7 Å². The smallest absolute Gasteiger partial charge is 0.476 e. The second kappa shape index (κ2) is 7.85. The highest BCUT2D eigenvalue weighted by Crippen LogP contribution is 2.38. The molecule has 1 aliphatic rings. The Morgan fingerprint density at radius 2 is 2.07 bits per heavy atom. The Kier molecular flexibility index (Phi) is 5.70. The van der Waals surface area contributed by atoms with E-state index in [0.717, 1.165) is 0 Å². The van der Waals surface area contributed by atoms with E-state index in [1.54, 1.807) is 4.90 Å². The topological polar surface area (TPSA) is 91.3 Å². The van der Waals surface area contributed by atoms with E-state index >= 15 is 0 Å². The summed E-state index contributed by atoms with van der Waals surface area (Å²) >= 11 is 7.23. The second-order valence-electron chi connectivity index (χ2n) is 5.76. The number of nitrogens with one attached hydrogen (secondary N) is 1. The van der Waals surface area contributed by atoms with E-state index in [-0.39, 0.29) is 22.4 Å². The zero-order chi connectivity index (χ0) is 19.6. The highest BCUT2D eigenvalue weighted by Gasteiger charge is 2.33. The number of halogens is 4. The zero-order valence-electron chi connectivity index (χ0n) is 13.7. The van der Waals surface area contributed by atoms with E-state index in [9.17, 15) is 18.0 Å². The van der Waals surface area contributed by atoms with Gasteiger partial charge >= 0.3 is 12.3 Å². The first kappa shape index (κ1) is 19.6. The molecule has 1 fully saturated rings. The number of piperidine rings is 1. The van der Waals surface area contributed by atoms with Crippen molar-refractivity contribution in [2.24, 2.45) is 0 Å². The first-order chi connectivity index (χ1) is 12.7. The van der Waals surface area contributed by atoms with Gasteiger partial charge in [-0.15, -0.1) is 18.3 Å². The molecule has 1 aromatic heterocycles. The van der Waals surface area contributed by atoms with Gasteiger partial charge in [-0.1, -0.05) is 28.6 Å². The summed E-state index contributed by atoms with van der Waals surface area (Å²) in [5, 5.41) is 19.4. The molecule has 0 radical (unpaired) electrons. The van der Waals surface area contributed by atoms with Crippen LogP contribution < -0.4 is 9.64 Å². The molecule has 7 nitrogen and oxygen atoms in total. The minimum atomic E-state index is -4.79. The summed E-state index contributed by atoms with van der Waals surface area (Å²) in [6.45, 7) is 0.930. The van der Waals surface area contributed by atoms with Crippen molar-refractivity contribution in [3.8, 4) is 5.75 Å². The maximum Gasteiger partial charge on any atom is 0.573 e. The number of carboxylic acid groups (broad SMARTS) is 1. The molecule has 0 spiro atoms. The molecule has 146 valence electrons. The second-order valence-corrected chi connectivity index (χ2v) is 7.49. The van der Waals surface area contributed by atoms with Crippen LogP contribution in [0, 0.1) is 0 Å². The van der Waals surface area contributed by atoms with Gasteiger partial charge in [0.1, 0.15) is 0 Å². The Labute approximate surface area is 160 Å². The van der Waals surface area contributed by atoms with Gasteiger partial charge in [0, 0.05) is 23.4 Å². The fourth-order valence-electron chi connectivity index (χ4n) is 2.76. The molecule has 1 saturated heterocycles. The average molecular weight is 423 g/mol. The van der Waals surface area contributed by atoms with Gasteiger partial charge < -0.3 is 14.7 Å². The number of benzene rings is 1. The van der Waals surface area contributed by atoms with Crippen LogP contribution in [-0.4, -0.2) is 51.2 Å². The third-order valence-electron chi connectivity index (χ3n) is 3.94. The number of thioether (sulfide) groups is 1. The van der Waals surface area contributed by atoms with Gasteiger partial charge in [0.15, 0.2) is 16.5 Å². The van der Waals surface area contributed by atoms with Crippen LogP contribution in [0.4, 0.5) is 18.9 Å². The molecule has 1 aromatic carbocycles. The molecule has 0 bridgehead atoms. The van der Waals surface area contributed by atoms with Crippen LogP contribution in [-0.2, 0) is 0 Å². The average Bonchev–Trinajstić information content (AvgIpc) is 3.04. The van der Waals surface area contributed by atoms with Crippen molar-refractivity contribution in [2.45, 2.75) is 29.5 Å². The number of aromatic amines is 1. The summed E-state index contributed by atoms with van der Waals surface area (Å²) < 4.78 is 42.0. The number of nitrogens with zero attached hydrogens (tertiary/aromatic N) is 3. The Balaban J connectivity index is 1.68. The van der Waals surface area contributed by atoms with Crippen LogP contribution in [0.15, 0.2) is 23.2 Å². The standard InChI is InChI=1S/C15H14ClF3N4O3S/c16-8-1-2-11(26-15(17,18)19)10(7-8)23-5-3-9(4-6-23)27-13-12(14(24)25)20-22-21-13/h1-2,7,9H,3-6H2,(H,24,25)(H,20,21,22). The summed E-state index contributed by atoms with van der Waals surface area (Å²) in [5.41, 5.74) is 0.203. The van der Waals surface area contributed by atoms with Crippen LogP contribution >= 0.6 is 23.4 Å². The third kappa shape index (κ3) is 4.98. The van der Waals surface area contributed by atoms with Crippen molar-refractivity contribution in [3.05, 3.63) is 28.9 Å².